The topological polar surface area (TPSA) is 78.9 Å². The van der Waals surface area contributed by atoms with Gasteiger partial charge in [-0.25, -0.2) is 0 Å². The molecule has 362 valence electrons. The molecule has 0 aliphatic rings. The molecule has 0 saturated heterocycles. The number of esters is 3. The van der Waals surface area contributed by atoms with Gasteiger partial charge in [0.2, 0.25) is 0 Å². The van der Waals surface area contributed by atoms with Gasteiger partial charge < -0.3 is 14.2 Å². The molecule has 0 rings (SSSR count). The van der Waals surface area contributed by atoms with Crippen molar-refractivity contribution in [2.24, 2.45) is 0 Å². The standard InChI is InChI=1S/C58H94O6/c1-4-7-10-13-16-19-22-24-26-27-28-29-30-31-33-34-36-39-42-45-48-51-57(60)63-54-55(53-62-56(59)50-47-44-41-38-21-18-15-12-9-6-3)64-58(61)52-49-46-43-40-37-35-32-25-23-20-17-14-11-8-5-2/h7-8,10-11,16-17,19-20,24-26,28-29,31-33,37,40,55H,4-6,9,12-15,18,21-23,27,30,34-36,38-39,41-54H2,1-3H3/b10-7-,11-8-,19-16-,20-17-,26-24-,29-28-,32-25-,33-31-,40-37-. The number of carbonyl (C=O) groups is 3. The highest BCUT2D eigenvalue weighted by molar-refractivity contribution is 5.71. The first-order chi connectivity index (χ1) is 31.5. The molecule has 0 aliphatic carbocycles. The van der Waals surface area contributed by atoms with E-state index in [9.17, 15) is 14.4 Å². The van der Waals surface area contributed by atoms with Crippen LogP contribution in [0.15, 0.2) is 109 Å². The molecule has 0 saturated carbocycles. The summed E-state index contributed by atoms with van der Waals surface area (Å²) in [6, 6.07) is 0. The molecule has 0 fully saturated rings. The molecule has 0 bridgehead atoms. The lowest BCUT2D eigenvalue weighted by Gasteiger charge is -2.18. The predicted octanol–water partition coefficient (Wildman–Crippen LogP) is 17.1. The molecule has 0 aromatic carbocycles. The zero-order chi connectivity index (χ0) is 46.5. The second-order valence-electron chi connectivity index (χ2n) is 16.7. The Labute approximate surface area is 393 Å². The Morgan fingerprint density at radius 1 is 0.328 bits per heavy atom. The summed E-state index contributed by atoms with van der Waals surface area (Å²) in [5, 5.41) is 0. The van der Waals surface area contributed by atoms with Crippen LogP contribution in [0.5, 0.6) is 0 Å². The van der Waals surface area contributed by atoms with Crippen LogP contribution in [0.1, 0.15) is 220 Å². The van der Waals surface area contributed by atoms with Crippen LogP contribution in [0, 0.1) is 0 Å². The number of hydrogen-bond donors (Lipinski definition) is 0. The Hall–Kier alpha value is -3.93. The van der Waals surface area contributed by atoms with E-state index in [1.165, 1.54) is 44.9 Å². The molecular formula is C58H94O6. The van der Waals surface area contributed by atoms with Crippen molar-refractivity contribution in [3.63, 3.8) is 0 Å². The van der Waals surface area contributed by atoms with Crippen LogP contribution in [0.2, 0.25) is 0 Å². The first-order valence-corrected chi connectivity index (χ1v) is 25.9. The van der Waals surface area contributed by atoms with Gasteiger partial charge in [0, 0.05) is 19.3 Å². The van der Waals surface area contributed by atoms with Crippen LogP contribution in [0.4, 0.5) is 0 Å². The molecule has 6 heteroatoms. The van der Waals surface area contributed by atoms with E-state index in [0.717, 1.165) is 128 Å². The van der Waals surface area contributed by atoms with Gasteiger partial charge >= 0.3 is 17.9 Å². The Morgan fingerprint density at radius 2 is 0.609 bits per heavy atom. The lowest BCUT2D eigenvalue weighted by atomic mass is 10.1. The fourth-order valence-corrected chi connectivity index (χ4v) is 6.69. The van der Waals surface area contributed by atoms with Crippen molar-refractivity contribution in [2.45, 2.75) is 226 Å². The third kappa shape index (κ3) is 49.1. The van der Waals surface area contributed by atoms with E-state index in [1.54, 1.807) is 0 Å². The fourth-order valence-electron chi connectivity index (χ4n) is 6.69. The molecule has 0 amide bonds. The number of unbranched alkanes of at least 4 members (excludes halogenated alkanes) is 16. The van der Waals surface area contributed by atoms with E-state index in [0.29, 0.717) is 19.3 Å². The first kappa shape index (κ1) is 60.1. The van der Waals surface area contributed by atoms with Crippen LogP contribution >= 0.6 is 0 Å². The fraction of sp³-hybridized carbons (Fsp3) is 0.638. The van der Waals surface area contributed by atoms with E-state index >= 15 is 0 Å². The van der Waals surface area contributed by atoms with Gasteiger partial charge in [0.25, 0.3) is 0 Å². The molecule has 0 aromatic heterocycles. The summed E-state index contributed by atoms with van der Waals surface area (Å²) in [7, 11) is 0. The number of rotatable bonds is 45. The van der Waals surface area contributed by atoms with Gasteiger partial charge in [-0.2, -0.15) is 0 Å². The minimum Gasteiger partial charge on any atom is -0.462 e. The van der Waals surface area contributed by atoms with Gasteiger partial charge in [0.1, 0.15) is 13.2 Å². The summed E-state index contributed by atoms with van der Waals surface area (Å²) >= 11 is 0. The van der Waals surface area contributed by atoms with Crippen LogP contribution in [0.3, 0.4) is 0 Å². The smallest absolute Gasteiger partial charge is 0.306 e. The third-order valence-electron chi connectivity index (χ3n) is 10.5. The zero-order valence-electron chi connectivity index (χ0n) is 41.3. The van der Waals surface area contributed by atoms with Gasteiger partial charge in [0.05, 0.1) is 0 Å². The van der Waals surface area contributed by atoms with Crippen molar-refractivity contribution in [1.82, 2.24) is 0 Å². The average molecular weight is 887 g/mol. The molecule has 1 unspecified atom stereocenters. The average Bonchev–Trinajstić information content (AvgIpc) is 3.29. The first-order valence-electron chi connectivity index (χ1n) is 25.9. The maximum Gasteiger partial charge on any atom is 0.306 e. The van der Waals surface area contributed by atoms with E-state index in [-0.39, 0.29) is 37.5 Å². The number of ether oxygens (including phenoxy) is 3. The van der Waals surface area contributed by atoms with Crippen molar-refractivity contribution in [3.05, 3.63) is 109 Å². The summed E-state index contributed by atoms with van der Waals surface area (Å²) in [6.45, 7) is 6.33. The van der Waals surface area contributed by atoms with Crippen LogP contribution in [-0.4, -0.2) is 37.2 Å². The van der Waals surface area contributed by atoms with E-state index in [1.807, 2.05) is 0 Å². The van der Waals surface area contributed by atoms with E-state index < -0.39 is 6.10 Å². The SMILES string of the molecule is CC/C=C\C/C=C\C/C=C\C/C=C\C/C=C\CCCCCCCC(=O)OCC(COC(=O)CCCCCCCCCCCC)OC(=O)CCCC/C=C\C/C=C\C/C=C\C/C=C\CC. The Kier molecular flexibility index (Phi) is 48.5. The third-order valence-corrected chi connectivity index (χ3v) is 10.5. The highest BCUT2D eigenvalue weighted by Crippen LogP contribution is 2.13. The quantitative estimate of drug-likeness (QED) is 0.0262. The highest BCUT2D eigenvalue weighted by Gasteiger charge is 2.19. The monoisotopic (exact) mass is 887 g/mol. The largest absolute Gasteiger partial charge is 0.462 e. The maximum atomic E-state index is 12.8. The summed E-state index contributed by atoms with van der Waals surface area (Å²) in [5.41, 5.74) is 0. The molecule has 64 heavy (non-hydrogen) atoms. The molecule has 0 spiro atoms. The molecule has 6 nitrogen and oxygen atoms in total. The zero-order valence-corrected chi connectivity index (χ0v) is 41.3. The van der Waals surface area contributed by atoms with E-state index in [2.05, 4.69) is 130 Å². The van der Waals surface area contributed by atoms with Crippen molar-refractivity contribution >= 4 is 17.9 Å². The molecule has 0 aliphatic heterocycles. The summed E-state index contributed by atoms with van der Waals surface area (Å²) < 4.78 is 16.7. The van der Waals surface area contributed by atoms with Gasteiger partial charge in [-0.1, -0.05) is 207 Å². The lowest BCUT2D eigenvalue weighted by molar-refractivity contribution is -0.167. The van der Waals surface area contributed by atoms with Crippen molar-refractivity contribution in [3.8, 4) is 0 Å². The van der Waals surface area contributed by atoms with Crippen molar-refractivity contribution in [2.75, 3.05) is 13.2 Å². The Morgan fingerprint density at radius 3 is 0.984 bits per heavy atom. The Balaban J connectivity index is 4.44. The van der Waals surface area contributed by atoms with Gasteiger partial charge in [-0.15, -0.1) is 0 Å². The molecule has 0 radical (unpaired) electrons. The van der Waals surface area contributed by atoms with Crippen LogP contribution in [0.25, 0.3) is 0 Å². The molecule has 0 aromatic rings. The minimum atomic E-state index is -0.807. The Bertz CT molecular complexity index is 1340. The number of carbonyl (C=O) groups excluding carboxylic acids is 3. The highest BCUT2D eigenvalue weighted by atomic mass is 16.6. The van der Waals surface area contributed by atoms with Crippen LogP contribution in [-0.2, 0) is 28.6 Å². The molecule has 0 heterocycles. The minimum absolute atomic E-state index is 0.102. The second kappa shape index (κ2) is 51.7. The summed E-state index contributed by atoms with van der Waals surface area (Å²) in [4.78, 5) is 37.9. The van der Waals surface area contributed by atoms with Crippen LogP contribution < -0.4 is 0 Å². The molecule has 1 atom stereocenters. The summed E-state index contributed by atoms with van der Waals surface area (Å²) in [6.07, 6.45) is 69.3. The van der Waals surface area contributed by atoms with E-state index in [4.69, 9.17) is 14.2 Å². The summed E-state index contributed by atoms with van der Waals surface area (Å²) in [5.74, 6) is -0.970. The normalized spacial score (nSPS) is 13.0. The van der Waals surface area contributed by atoms with Gasteiger partial charge in [0.15, 0.2) is 6.10 Å². The predicted molar refractivity (Wildman–Crippen MR) is 274 cm³/mol. The molecular weight excluding hydrogens is 793 g/mol. The molecule has 0 N–H and O–H groups in total. The lowest BCUT2D eigenvalue weighted by Crippen LogP contribution is -2.30. The number of allylic oxidation sites excluding steroid dienone is 18. The number of hydrogen-bond acceptors (Lipinski definition) is 6. The second-order valence-corrected chi connectivity index (χ2v) is 16.7. The van der Waals surface area contributed by atoms with Gasteiger partial charge in [-0.05, 0) is 103 Å². The van der Waals surface area contributed by atoms with Crippen molar-refractivity contribution in [1.29, 1.82) is 0 Å². The van der Waals surface area contributed by atoms with Gasteiger partial charge in [-0.3, -0.25) is 14.4 Å². The van der Waals surface area contributed by atoms with Crippen molar-refractivity contribution < 1.29 is 28.6 Å². The maximum absolute atomic E-state index is 12.8.